The summed E-state index contributed by atoms with van der Waals surface area (Å²) in [7, 11) is 0. The summed E-state index contributed by atoms with van der Waals surface area (Å²) in [5.74, 6) is 0.0850. The van der Waals surface area contributed by atoms with Crippen molar-refractivity contribution in [3.05, 3.63) is 11.5 Å². The Morgan fingerprint density at radius 1 is 1.80 bits per heavy atom. The molecule has 4 N–H and O–H groups in total. The van der Waals surface area contributed by atoms with E-state index in [1.54, 1.807) is 6.92 Å². The average Bonchev–Trinajstić information content (AvgIpc) is 2.10. The largest absolute Gasteiger partial charge is 0.460 e. The molecule has 0 bridgehead atoms. The highest BCUT2D eigenvalue weighted by Gasteiger charge is 2.24. The second-order valence-electron chi connectivity index (χ2n) is 2.28. The fraction of sp³-hybridized carbons (Fsp3) is 0.500. The van der Waals surface area contributed by atoms with Gasteiger partial charge in [0.25, 0.3) is 0 Å². The SMILES string of the molecule is CC1=C(C([NH3+])=O)OC(C)N1. The summed E-state index contributed by atoms with van der Waals surface area (Å²) >= 11 is 0. The summed E-state index contributed by atoms with van der Waals surface area (Å²) in [4.78, 5) is 10.7. The lowest BCUT2D eigenvalue weighted by Crippen LogP contribution is -2.58. The zero-order valence-electron chi connectivity index (χ0n) is 6.10. The number of rotatable bonds is 1. The van der Waals surface area contributed by atoms with E-state index >= 15 is 0 Å². The van der Waals surface area contributed by atoms with Crippen molar-refractivity contribution in [3.8, 4) is 0 Å². The molecule has 0 aromatic rings. The van der Waals surface area contributed by atoms with Gasteiger partial charge in [0.2, 0.25) is 5.76 Å². The Morgan fingerprint density at radius 3 is 2.60 bits per heavy atom. The van der Waals surface area contributed by atoms with E-state index in [0.29, 0.717) is 5.76 Å². The smallest absolute Gasteiger partial charge is 0.377 e. The first kappa shape index (κ1) is 7.08. The average molecular weight is 143 g/mol. The first-order chi connectivity index (χ1) is 4.61. The van der Waals surface area contributed by atoms with E-state index in [9.17, 15) is 4.79 Å². The summed E-state index contributed by atoms with van der Waals surface area (Å²) in [5, 5.41) is 2.94. The molecule has 0 fully saturated rings. The molecule has 1 amide bonds. The van der Waals surface area contributed by atoms with Crippen molar-refractivity contribution in [2.45, 2.75) is 20.1 Å². The standard InChI is InChI=1S/C6H10N2O2/c1-3-5(6(7)9)10-4(2)8-3/h4,8H,1-2H3,(H2,7,9)/p+1. The van der Waals surface area contributed by atoms with Crippen LogP contribution in [0.5, 0.6) is 0 Å². The van der Waals surface area contributed by atoms with E-state index in [1.807, 2.05) is 6.92 Å². The molecule has 1 atom stereocenters. The third kappa shape index (κ3) is 1.11. The van der Waals surface area contributed by atoms with E-state index < -0.39 is 0 Å². The Hall–Kier alpha value is -1.03. The molecule has 4 heteroatoms. The van der Waals surface area contributed by atoms with Gasteiger partial charge in [-0.1, -0.05) is 0 Å². The maximum Gasteiger partial charge on any atom is 0.377 e. The van der Waals surface area contributed by atoms with Gasteiger partial charge in [-0.05, 0) is 13.8 Å². The third-order valence-corrected chi connectivity index (χ3v) is 1.31. The molecule has 4 nitrogen and oxygen atoms in total. The summed E-state index contributed by atoms with van der Waals surface area (Å²) < 4.78 is 5.09. The molecule has 1 aliphatic rings. The maximum absolute atomic E-state index is 10.7. The van der Waals surface area contributed by atoms with Gasteiger partial charge < -0.3 is 10.1 Å². The van der Waals surface area contributed by atoms with Gasteiger partial charge in [-0.15, -0.1) is 0 Å². The Bertz CT molecular complexity index is 198. The Morgan fingerprint density at radius 2 is 2.40 bits per heavy atom. The van der Waals surface area contributed by atoms with E-state index in [0.717, 1.165) is 5.70 Å². The third-order valence-electron chi connectivity index (χ3n) is 1.31. The molecule has 1 aliphatic heterocycles. The number of amides is 1. The van der Waals surface area contributed by atoms with Crippen LogP contribution in [0.25, 0.3) is 0 Å². The number of quaternary nitrogens is 1. The Balaban J connectivity index is 2.76. The van der Waals surface area contributed by atoms with Crippen LogP contribution in [0, 0.1) is 0 Å². The van der Waals surface area contributed by atoms with Crippen LogP contribution in [-0.2, 0) is 9.53 Å². The molecule has 0 saturated heterocycles. The Labute approximate surface area is 59.0 Å². The van der Waals surface area contributed by atoms with Crippen LogP contribution in [-0.4, -0.2) is 12.1 Å². The number of carbonyl (C=O) groups excluding carboxylic acids is 1. The molecular formula is C6H11N2O2+. The number of hydrogen-bond acceptors (Lipinski definition) is 3. The molecule has 1 rings (SSSR count). The van der Waals surface area contributed by atoms with Gasteiger partial charge in [0.15, 0.2) is 6.23 Å². The monoisotopic (exact) mass is 143 g/mol. The van der Waals surface area contributed by atoms with Crippen molar-refractivity contribution in [3.63, 3.8) is 0 Å². The predicted octanol–water partition coefficient (Wildman–Crippen LogP) is -1.05. The molecule has 0 aromatic carbocycles. The van der Waals surface area contributed by atoms with Crippen LogP contribution in [0.15, 0.2) is 11.5 Å². The molecule has 1 heterocycles. The summed E-state index contributed by atoms with van der Waals surface area (Å²) in [6.45, 7) is 3.63. The topological polar surface area (TPSA) is 66.0 Å². The lowest BCUT2D eigenvalue weighted by atomic mass is 10.4. The minimum Gasteiger partial charge on any atom is -0.460 e. The van der Waals surface area contributed by atoms with Crippen molar-refractivity contribution in [1.29, 1.82) is 0 Å². The van der Waals surface area contributed by atoms with Gasteiger partial charge in [-0.2, -0.15) is 0 Å². The molecule has 0 aliphatic carbocycles. The number of nitrogens with one attached hydrogen (secondary N) is 1. The van der Waals surface area contributed by atoms with Crippen LogP contribution in [0.3, 0.4) is 0 Å². The van der Waals surface area contributed by atoms with Crippen molar-refractivity contribution in [2.24, 2.45) is 0 Å². The highest BCUT2D eigenvalue weighted by atomic mass is 16.5. The molecule has 0 spiro atoms. The van der Waals surface area contributed by atoms with Crippen molar-refractivity contribution < 1.29 is 15.3 Å². The molecule has 10 heavy (non-hydrogen) atoms. The highest BCUT2D eigenvalue weighted by Crippen LogP contribution is 2.12. The number of ether oxygens (including phenoxy) is 1. The predicted molar refractivity (Wildman–Crippen MR) is 34.3 cm³/mol. The van der Waals surface area contributed by atoms with Crippen molar-refractivity contribution in [1.82, 2.24) is 5.32 Å². The lowest BCUT2D eigenvalue weighted by molar-refractivity contribution is -0.303. The summed E-state index contributed by atoms with van der Waals surface area (Å²) in [5.41, 5.74) is 4.01. The molecule has 0 radical (unpaired) electrons. The van der Waals surface area contributed by atoms with Gasteiger partial charge in [-0.3, -0.25) is 5.73 Å². The van der Waals surface area contributed by atoms with Crippen molar-refractivity contribution >= 4 is 5.91 Å². The highest BCUT2D eigenvalue weighted by molar-refractivity contribution is 5.83. The molecule has 1 unspecified atom stereocenters. The van der Waals surface area contributed by atoms with Crippen LogP contribution >= 0.6 is 0 Å². The Kier molecular flexibility index (Phi) is 1.63. The van der Waals surface area contributed by atoms with Gasteiger partial charge >= 0.3 is 5.91 Å². The van der Waals surface area contributed by atoms with E-state index in [4.69, 9.17) is 4.74 Å². The zero-order valence-corrected chi connectivity index (χ0v) is 6.10. The van der Waals surface area contributed by atoms with Crippen molar-refractivity contribution in [2.75, 3.05) is 0 Å². The second kappa shape index (κ2) is 2.30. The van der Waals surface area contributed by atoms with Crippen LogP contribution in [0.4, 0.5) is 0 Å². The second-order valence-corrected chi connectivity index (χ2v) is 2.28. The normalized spacial score (nSPS) is 24.1. The zero-order chi connectivity index (χ0) is 7.72. The number of carbonyl (C=O) groups is 1. The minimum absolute atomic E-state index is 0.0966. The number of allylic oxidation sites excluding steroid dienone is 1. The molecular weight excluding hydrogens is 132 g/mol. The molecule has 56 valence electrons. The number of hydrogen-bond donors (Lipinski definition) is 2. The quantitative estimate of drug-likeness (QED) is 0.492. The van der Waals surface area contributed by atoms with Crippen LogP contribution in [0.1, 0.15) is 13.8 Å². The molecule has 0 saturated carbocycles. The van der Waals surface area contributed by atoms with Gasteiger partial charge in [0.05, 0.1) is 5.70 Å². The van der Waals surface area contributed by atoms with E-state index in [-0.39, 0.29) is 12.1 Å². The maximum atomic E-state index is 10.7. The first-order valence-electron chi connectivity index (χ1n) is 3.11. The van der Waals surface area contributed by atoms with Gasteiger partial charge in [0, 0.05) is 0 Å². The fourth-order valence-electron chi connectivity index (χ4n) is 0.940. The fourth-order valence-corrected chi connectivity index (χ4v) is 0.940. The first-order valence-corrected chi connectivity index (χ1v) is 3.11. The lowest BCUT2D eigenvalue weighted by Gasteiger charge is -2.02. The molecule has 0 aromatic heterocycles. The van der Waals surface area contributed by atoms with Gasteiger partial charge in [-0.25, -0.2) is 4.79 Å². The summed E-state index contributed by atoms with van der Waals surface area (Å²) in [6.07, 6.45) is -0.0966. The van der Waals surface area contributed by atoms with E-state index in [1.165, 1.54) is 0 Å². The minimum atomic E-state index is -0.269. The van der Waals surface area contributed by atoms with Gasteiger partial charge in [0.1, 0.15) is 0 Å². The van der Waals surface area contributed by atoms with Crippen LogP contribution in [0.2, 0.25) is 0 Å². The van der Waals surface area contributed by atoms with E-state index in [2.05, 4.69) is 11.1 Å². The summed E-state index contributed by atoms with van der Waals surface area (Å²) in [6, 6.07) is 0. The van der Waals surface area contributed by atoms with Crippen LogP contribution < -0.4 is 11.1 Å².